The monoisotopic (exact) mass is 611 g/mol. The molecule has 44 heavy (non-hydrogen) atoms. The van der Waals surface area contributed by atoms with Crippen LogP contribution in [0.3, 0.4) is 0 Å². The summed E-state index contributed by atoms with van der Waals surface area (Å²) in [5, 5.41) is 11.7. The van der Waals surface area contributed by atoms with Gasteiger partial charge in [0.15, 0.2) is 11.5 Å². The number of hydrogen-bond donors (Lipinski definition) is 4. The molecule has 0 saturated carbocycles. The Morgan fingerprint density at radius 3 is 2.64 bits per heavy atom. The van der Waals surface area contributed by atoms with Gasteiger partial charge in [-0.3, -0.25) is 15.0 Å². The summed E-state index contributed by atoms with van der Waals surface area (Å²) in [6.45, 7) is 4.83. The fourth-order valence-corrected chi connectivity index (χ4v) is 6.03. The zero-order chi connectivity index (χ0) is 30.3. The Hall–Kier alpha value is -4.56. The summed E-state index contributed by atoms with van der Waals surface area (Å²) in [5.41, 5.74) is 7.48. The van der Waals surface area contributed by atoms with E-state index >= 15 is 0 Å². The second-order valence-corrected chi connectivity index (χ2v) is 12.9. The summed E-state index contributed by atoms with van der Waals surface area (Å²) in [6, 6.07) is 14.3. The molecule has 0 unspecified atom stereocenters. The lowest BCUT2D eigenvalue weighted by Crippen LogP contribution is -2.42. The van der Waals surface area contributed by atoms with Gasteiger partial charge in [-0.25, -0.2) is 27.5 Å². The number of hydrogen-bond acceptors (Lipinski definition) is 8. The van der Waals surface area contributed by atoms with Gasteiger partial charge in [-0.1, -0.05) is 12.1 Å². The first-order valence-electron chi connectivity index (χ1n) is 14.2. The van der Waals surface area contributed by atoms with Gasteiger partial charge in [0, 0.05) is 74.5 Å². The molecule has 1 saturated heterocycles. The van der Waals surface area contributed by atoms with Gasteiger partial charge in [-0.2, -0.15) is 5.10 Å². The molecule has 224 valence electrons. The van der Waals surface area contributed by atoms with Crippen molar-refractivity contribution >= 4 is 32.1 Å². The topological polar surface area (TPSA) is 145 Å². The van der Waals surface area contributed by atoms with E-state index in [0.29, 0.717) is 39.4 Å². The highest BCUT2D eigenvalue weighted by molar-refractivity contribution is 7.88. The Balaban J connectivity index is 1.23. The van der Waals surface area contributed by atoms with Gasteiger partial charge >= 0.3 is 0 Å². The largest absolute Gasteiger partial charge is 0.337 e. The van der Waals surface area contributed by atoms with E-state index in [-0.39, 0.29) is 6.54 Å². The Labute approximate surface area is 253 Å². The van der Waals surface area contributed by atoms with E-state index in [9.17, 15) is 12.8 Å². The lowest BCUT2D eigenvalue weighted by Gasteiger charge is -2.27. The van der Waals surface area contributed by atoms with Crippen molar-refractivity contribution in [2.45, 2.75) is 13.1 Å². The van der Waals surface area contributed by atoms with E-state index in [0.717, 1.165) is 66.6 Å². The van der Waals surface area contributed by atoms with Gasteiger partial charge in [-0.05, 0) is 53.1 Å². The van der Waals surface area contributed by atoms with Gasteiger partial charge in [0.05, 0.1) is 22.7 Å². The third-order valence-corrected chi connectivity index (χ3v) is 8.38. The van der Waals surface area contributed by atoms with Crippen LogP contribution in [-0.4, -0.2) is 75.9 Å². The molecular weight excluding hydrogens is 581 g/mol. The van der Waals surface area contributed by atoms with Crippen molar-refractivity contribution in [3.05, 3.63) is 84.1 Å². The first-order valence-corrected chi connectivity index (χ1v) is 16.1. The molecule has 7 rings (SSSR count). The predicted octanol–water partition coefficient (Wildman–Crippen LogP) is 3.82. The highest BCUT2D eigenvalue weighted by Gasteiger charge is 2.17. The third kappa shape index (κ3) is 5.95. The number of benzene rings is 2. The normalized spacial score (nSPS) is 14.5. The summed E-state index contributed by atoms with van der Waals surface area (Å²) >= 11 is 0. The number of fused-ring (bicyclic) bond motifs is 2. The quantitative estimate of drug-likeness (QED) is 0.203. The van der Waals surface area contributed by atoms with Crippen molar-refractivity contribution in [3.8, 4) is 33.8 Å². The van der Waals surface area contributed by atoms with Crippen LogP contribution in [0.25, 0.3) is 55.8 Å². The number of pyridine rings is 2. The first kappa shape index (κ1) is 28.2. The summed E-state index contributed by atoms with van der Waals surface area (Å²) in [6.07, 6.45) is 6.63. The van der Waals surface area contributed by atoms with Gasteiger partial charge in [-0.15, -0.1) is 0 Å². The van der Waals surface area contributed by atoms with Crippen LogP contribution in [0.15, 0.2) is 67.1 Å². The molecule has 0 spiro atoms. The summed E-state index contributed by atoms with van der Waals surface area (Å²) in [5.74, 6) is 0.0973. The second kappa shape index (κ2) is 11.5. The van der Waals surface area contributed by atoms with E-state index < -0.39 is 15.8 Å². The van der Waals surface area contributed by atoms with Crippen LogP contribution in [-0.2, 0) is 23.1 Å². The minimum Gasteiger partial charge on any atom is -0.337 e. The Morgan fingerprint density at radius 2 is 1.80 bits per heavy atom. The minimum absolute atomic E-state index is 0.0188. The zero-order valence-corrected chi connectivity index (χ0v) is 24.7. The van der Waals surface area contributed by atoms with Crippen LogP contribution in [0, 0.1) is 5.82 Å². The van der Waals surface area contributed by atoms with Crippen LogP contribution in [0.2, 0.25) is 0 Å². The Morgan fingerprint density at radius 1 is 0.977 bits per heavy atom. The second-order valence-electron chi connectivity index (χ2n) is 11.0. The Kier molecular flexibility index (Phi) is 7.38. The SMILES string of the molecule is CS(=O)(=O)NCc1cc(F)cc(-c2cccc3[nH]c(-c4[nH]nc5ncc(-c6cncc(CN7CCNCC7)c6)cc45)nc23)c1. The summed E-state index contributed by atoms with van der Waals surface area (Å²) in [7, 11) is -3.43. The molecule has 2 aromatic carbocycles. The lowest BCUT2D eigenvalue weighted by molar-refractivity contribution is 0.233. The molecule has 11 nitrogen and oxygen atoms in total. The summed E-state index contributed by atoms with van der Waals surface area (Å²) in [4.78, 5) is 19.8. The van der Waals surface area contributed by atoms with Crippen LogP contribution < -0.4 is 10.0 Å². The van der Waals surface area contributed by atoms with E-state index in [1.54, 1.807) is 12.3 Å². The van der Waals surface area contributed by atoms with E-state index in [1.807, 2.05) is 36.7 Å². The molecule has 1 aliphatic rings. The molecule has 1 aliphatic heterocycles. The summed E-state index contributed by atoms with van der Waals surface area (Å²) < 4.78 is 40.2. The molecule has 6 aromatic rings. The number of imidazole rings is 1. The van der Waals surface area contributed by atoms with Crippen molar-refractivity contribution in [2.24, 2.45) is 0 Å². The van der Waals surface area contributed by atoms with E-state index in [1.165, 1.54) is 12.1 Å². The Bertz CT molecular complexity index is 2100. The number of nitrogens with zero attached hydrogens (tertiary/aromatic N) is 5. The van der Waals surface area contributed by atoms with E-state index in [4.69, 9.17) is 4.98 Å². The number of H-pyrrole nitrogens is 2. The fraction of sp³-hybridized carbons (Fsp3) is 0.226. The van der Waals surface area contributed by atoms with Gasteiger partial charge in [0.1, 0.15) is 11.5 Å². The maximum Gasteiger partial charge on any atom is 0.209 e. The first-order chi connectivity index (χ1) is 21.3. The predicted molar refractivity (Wildman–Crippen MR) is 167 cm³/mol. The standard InChI is InChI=1S/C31H30FN9O2S/c1-44(42,43)36-15-19-9-21(12-24(32)11-19)25-3-2-4-27-28(25)38-31(37-27)29-26-13-23(17-35-30(26)40-39-29)22-10-20(14-34-16-22)18-41-7-5-33-6-8-41/h2-4,9-14,16-17,33,36H,5-8,15,18H2,1H3,(H,37,38)(H,35,39,40). The van der Waals surface area contributed by atoms with Crippen molar-refractivity contribution in [1.82, 2.24) is 45.1 Å². The third-order valence-electron chi connectivity index (χ3n) is 7.71. The molecule has 13 heteroatoms. The number of para-hydroxylation sites is 1. The molecule has 0 aliphatic carbocycles. The number of aromatic amines is 2. The molecule has 0 bridgehead atoms. The van der Waals surface area contributed by atoms with Crippen LogP contribution in [0.5, 0.6) is 0 Å². The fourth-order valence-electron chi connectivity index (χ4n) is 5.60. The van der Waals surface area contributed by atoms with Crippen molar-refractivity contribution in [3.63, 3.8) is 0 Å². The molecule has 5 heterocycles. The van der Waals surface area contributed by atoms with Crippen LogP contribution in [0.4, 0.5) is 4.39 Å². The highest BCUT2D eigenvalue weighted by Crippen LogP contribution is 2.33. The average molecular weight is 612 g/mol. The number of piperazine rings is 1. The van der Waals surface area contributed by atoms with Crippen molar-refractivity contribution in [2.75, 3.05) is 32.4 Å². The van der Waals surface area contributed by atoms with Crippen molar-refractivity contribution < 1.29 is 12.8 Å². The number of nitrogens with one attached hydrogen (secondary N) is 4. The minimum atomic E-state index is -3.43. The average Bonchev–Trinajstić information content (AvgIpc) is 3.64. The van der Waals surface area contributed by atoms with Crippen molar-refractivity contribution in [1.29, 1.82) is 0 Å². The number of aromatic nitrogens is 6. The number of rotatable bonds is 8. The maximum atomic E-state index is 14.6. The van der Waals surface area contributed by atoms with Gasteiger partial charge in [0.2, 0.25) is 10.0 Å². The smallest absolute Gasteiger partial charge is 0.209 e. The maximum absolute atomic E-state index is 14.6. The highest BCUT2D eigenvalue weighted by atomic mass is 32.2. The number of sulfonamides is 1. The van der Waals surface area contributed by atoms with Crippen LogP contribution >= 0.6 is 0 Å². The molecule has 0 radical (unpaired) electrons. The zero-order valence-electron chi connectivity index (χ0n) is 23.9. The van der Waals surface area contributed by atoms with Gasteiger partial charge in [0.25, 0.3) is 0 Å². The molecule has 0 amide bonds. The molecule has 4 aromatic heterocycles. The number of halogens is 1. The molecule has 0 atom stereocenters. The van der Waals surface area contributed by atoms with Crippen LogP contribution in [0.1, 0.15) is 11.1 Å². The molecule has 1 fully saturated rings. The van der Waals surface area contributed by atoms with Gasteiger partial charge < -0.3 is 10.3 Å². The lowest BCUT2D eigenvalue weighted by atomic mass is 10.0. The van der Waals surface area contributed by atoms with E-state index in [2.05, 4.69) is 46.2 Å². The molecule has 4 N–H and O–H groups in total. The molecular formula is C31H30FN9O2S.